The summed E-state index contributed by atoms with van der Waals surface area (Å²) in [6.45, 7) is 4.63. The molecule has 6 heterocycles. The fraction of sp³-hybridized carbons (Fsp3) is 0.153. The van der Waals surface area contributed by atoms with Crippen LogP contribution in [0.4, 0.5) is 0 Å². The van der Waals surface area contributed by atoms with Gasteiger partial charge in [0.25, 0.3) is 0 Å². The third-order valence-electron chi connectivity index (χ3n) is 13.4. The summed E-state index contributed by atoms with van der Waals surface area (Å²) in [6.07, 6.45) is 28.8. The van der Waals surface area contributed by atoms with Crippen LogP contribution in [0.3, 0.4) is 0 Å². The number of nitrogens with zero attached hydrogens (tertiary/aromatic N) is 12. The second-order valence-electron chi connectivity index (χ2n) is 18.9. The van der Waals surface area contributed by atoms with Crippen molar-refractivity contribution in [1.82, 2.24) is 54.8 Å². The molecule has 0 N–H and O–H groups in total. The average Bonchev–Trinajstić information content (AvgIpc) is 4.29. The van der Waals surface area contributed by atoms with Crippen LogP contribution in [-0.4, -0.2) is 54.8 Å². The molecule has 12 nitrogen and oxygen atoms in total. The van der Waals surface area contributed by atoms with E-state index in [-0.39, 0.29) is 64.8 Å². The number of fused-ring (bicyclic) bond motifs is 5. The Kier molecular flexibility index (Phi) is 15.7. The van der Waals surface area contributed by atoms with Crippen molar-refractivity contribution in [3.05, 3.63) is 232 Å². The minimum Gasteiger partial charge on any atom is -0.255 e. The summed E-state index contributed by atoms with van der Waals surface area (Å²) >= 11 is 0. The molecule has 74 heavy (non-hydrogen) atoms. The second kappa shape index (κ2) is 21.8. The fourth-order valence-corrected chi connectivity index (χ4v) is 9.79. The first-order chi connectivity index (χ1) is 34.4. The van der Waals surface area contributed by atoms with E-state index in [0.717, 1.165) is 34.1 Å². The largest absolute Gasteiger partial charge is 0.255 e. The molecule has 6 aromatic heterocycles. The van der Waals surface area contributed by atoms with Gasteiger partial charge in [0, 0.05) is 160 Å². The summed E-state index contributed by atoms with van der Waals surface area (Å²) in [7, 11) is 12.2. The molecule has 0 bridgehead atoms. The smallest absolute Gasteiger partial charge is 0.188 e. The van der Waals surface area contributed by atoms with Crippen LogP contribution in [0.5, 0.6) is 0 Å². The van der Waals surface area contributed by atoms with Crippen LogP contribution in [0, 0.1) is 18.2 Å². The van der Waals surface area contributed by atoms with Crippen molar-refractivity contribution in [1.29, 1.82) is 0 Å². The van der Waals surface area contributed by atoms with Crippen molar-refractivity contribution < 1.29 is 59.4 Å². The van der Waals surface area contributed by atoms with Gasteiger partial charge in [-0.25, -0.2) is 27.4 Å². The average molecular weight is 1500 g/mol. The van der Waals surface area contributed by atoms with Crippen molar-refractivity contribution in [2.45, 2.75) is 19.3 Å². The first-order valence-corrected chi connectivity index (χ1v) is 23.7. The van der Waals surface area contributed by atoms with Crippen molar-refractivity contribution in [3.63, 3.8) is 0 Å². The van der Waals surface area contributed by atoms with Crippen LogP contribution in [-0.2, 0) is 107 Å². The number of hydrogen-bond acceptors (Lipinski definition) is 0. The zero-order chi connectivity index (χ0) is 49.0. The molecule has 0 spiro atoms. The van der Waals surface area contributed by atoms with Gasteiger partial charge in [-0.2, -0.15) is 9.13 Å². The predicted molar refractivity (Wildman–Crippen MR) is 285 cm³/mol. The van der Waals surface area contributed by atoms with E-state index in [0.29, 0.717) is 0 Å². The third-order valence-corrected chi connectivity index (χ3v) is 13.4. The number of rotatable bonds is 6. The molecule has 12 aromatic rings. The Hall–Kier alpha value is -6.99. The normalized spacial score (nSPS) is 11.8. The molecule has 6 aromatic carbocycles. The Morgan fingerprint density at radius 2 is 0.757 bits per heavy atom. The fourth-order valence-electron chi connectivity index (χ4n) is 9.79. The van der Waals surface area contributed by atoms with Gasteiger partial charge in [-0.05, 0) is 53.4 Å². The van der Waals surface area contributed by atoms with E-state index in [1.807, 2.05) is 102 Å². The summed E-state index contributed by atoms with van der Waals surface area (Å²) in [5, 5.41) is 0. The van der Waals surface area contributed by atoms with Crippen molar-refractivity contribution in [2.75, 3.05) is 0 Å². The number of aromatic nitrogens is 12. The summed E-state index contributed by atoms with van der Waals surface area (Å²) in [5.41, 5.74) is 16.3. The van der Waals surface area contributed by atoms with Gasteiger partial charge in [-0.15, -0.1) is 42.0 Å². The van der Waals surface area contributed by atoms with Gasteiger partial charge < -0.3 is 0 Å². The molecule has 0 amide bonds. The van der Waals surface area contributed by atoms with Gasteiger partial charge in [0.2, 0.25) is 0 Å². The van der Waals surface area contributed by atoms with Gasteiger partial charge in [0.15, 0.2) is 60.0 Å². The monoisotopic (exact) mass is 1510 g/mol. The predicted octanol–water partition coefficient (Wildman–Crippen LogP) is 11.5. The van der Waals surface area contributed by atoms with Crippen molar-refractivity contribution >= 4 is 22.1 Å². The molecule has 1 aliphatic rings. The van der Waals surface area contributed by atoms with Gasteiger partial charge in [-0.1, -0.05) is 55.3 Å². The Labute approximate surface area is 471 Å². The van der Waals surface area contributed by atoms with Gasteiger partial charge in [0.05, 0.1) is 0 Å². The minimum absolute atomic E-state index is 0. The number of hydrogen-bond donors (Lipinski definition) is 0. The van der Waals surface area contributed by atoms with Gasteiger partial charge >= 0.3 is 0 Å². The quantitative estimate of drug-likeness (QED) is 0.149. The molecule has 0 fully saturated rings. The van der Waals surface area contributed by atoms with E-state index in [4.69, 9.17) is 0 Å². The molecule has 13 rings (SSSR count). The molecular formula is C59H57N12Os3+3. The molecule has 0 atom stereocenters. The van der Waals surface area contributed by atoms with E-state index >= 15 is 0 Å². The number of benzene rings is 6. The summed E-state index contributed by atoms with van der Waals surface area (Å²) < 4.78 is 25.2. The molecule has 0 radical (unpaired) electrons. The Morgan fingerprint density at radius 1 is 0.365 bits per heavy atom. The molecule has 0 saturated heterocycles. The summed E-state index contributed by atoms with van der Waals surface area (Å²) in [5.74, 6) is 0. The van der Waals surface area contributed by atoms with E-state index < -0.39 is 0 Å². The zero-order valence-electron chi connectivity index (χ0n) is 42.5. The van der Waals surface area contributed by atoms with Crippen LogP contribution in [0.25, 0.3) is 67.3 Å². The SMILES string of the molecule is Cn1[cH+]n(-c2[c-]c(-n3[cH+]n(C)c4ccccc43)ccc2)c2ccccc21.Cn1ccn(-c2[c-]c(-n3ccn(C)[cH+]3)c3c(c2)C(C)(C)c2ccccc2-3)[cH+]1.Cn1ccn(-c2[c-]c(-n3ccn(C)[cH+]3)ccc2)[cH+]1.[Os].[Os].[Os]. The second-order valence-corrected chi connectivity index (χ2v) is 18.9. The maximum atomic E-state index is 3.68. The Balaban J connectivity index is 0.000000148. The Morgan fingerprint density at radius 3 is 1.22 bits per heavy atom. The van der Waals surface area contributed by atoms with Crippen LogP contribution < -0.4 is 0 Å². The van der Waals surface area contributed by atoms with Crippen molar-refractivity contribution in [2.24, 2.45) is 42.3 Å². The van der Waals surface area contributed by atoms with Crippen LogP contribution >= 0.6 is 0 Å². The maximum Gasteiger partial charge on any atom is 0.188 e. The van der Waals surface area contributed by atoms with Gasteiger partial charge in [-0.3, -0.25) is 18.3 Å². The topological polar surface area (TPSA) is 59.2 Å². The molecule has 0 saturated carbocycles. The Bertz CT molecular complexity index is 3770. The molecule has 0 unspecified atom stereocenters. The number of para-hydroxylation sites is 4. The first-order valence-electron chi connectivity index (χ1n) is 23.7. The molecule has 15 heteroatoms. The van der Waals surface area contributed by atoms with E-state index in [1.165, 1.54) is 44.3 Å². The van der Waals surface area contributed by atoms with Crippen LogP contribution in [0.15, 0.2) is 203 Å². The summed E-state index contributed by atoms with van der Waals surface area (Å²) in [4.78, 5) is 0. The molecule has 1 aliphatic carbocycles. The third kappa shape index (κ3) is 10.1. The number of imidazole rings is 6. The minimum atomic E-state index is -0.0464. The van der Waals surface area contributed by atoms with E-state index in [1.54, 1.807) is 0 Å². The van der Waals surface area contributed by atoms with Gasteiger partial charge in [0.1, 0.15) is 49.6 Å². The molecular weight excluding hydrogens is 1450 g/mol. The van der Waals surface area contributed by atoms with E-state index in [9.17, 15) is 0 Å². The molecule has 0 aliphatic heterocycles. The number of aryl methyl sites for hydroxylation is 6. The first kappa shape index (κ1) is 53.3. The standard InChI is InChI=1S/C23H23N4.C22H19N4.C14H15N4.3Os/c1-23(2)19-8-6-5-7-18(19)22-20(23)13-17(26-11-9-24(3)15-26)14-21(22)27-12-10-25(4)16-27;1-23-15-25(21-12-5-3-10-19(21)23)17-8-7-9-18(14-17)26-16-24(2)20-11-4-6-13-22(20)26;1-15-6-8-17(11-15)13-4-3-5-14(10-13)18-9-7-16(2)12-18;;;/h5-13,15-16H,1-4H3;3-13,15-16H,1-2H3;3-9,11-12H,1-2H3;;;/q3*+1;;;. The maximum absolute atomic E-state index is 3.68. The van der Waals surface area contributed by atoms with Crippen LogP contribution in [0.2, 0.25) is 0 Å². The van der Waals surface area contributed by atoms with Crippen molar-refractivity contribution in [3.8, 4) is 45.3 Å². The summed E-state index contributed by atoms with van der Waals surface area (Å²) in [6, 6.07) is 51.0. The van der Waals surface area contributed by atoms with Crippen LogP contribution in [0.1, 0.15) is 25.0 Å². The zero-order valence-corrected chi connectivity index (χ0v) is 50.1. The molecule has 374 valence electrons. The van der Waals surface area contributed by atoms with E-state index in [2.05, 4.69) is 230 Å².